The van der Waals surface area contributed by atoms with Gasteiger partial charge in [-0.15, -0.1) is 10.2 Å². The maximum Gasteiger partial charge on any atom is 0.175 e. The number of hydrogen-bond acceptors (Lipinski definition) is 4. The molecule has 0 spiro atoms. The molecule has 5 nitrogen and oxygen atoms in total. The summed E-state index contributed by atoms with van der Waals surface area (Å²) in [6.45, 7) is 10.3. The van der Waals surface area contributed by atoms with Crippen molar-refractivity contribution in [2.24, 2.45) is 24.3 Å². The molecule has 1 saturated carbocycles. The summed E-state index contributed by atoms with van der Waals surface area (Å²) in [4.78, 5) is 1.56. The van der Waals surface area contributed by atoms with E-state index < -0.39 is 0 Å². The summed E-state index contributed by atoms with van der Waals surface area (Å²) in [5, 5.41) is 16.1. The minimum Gasteiger partial charge on any atom is -0.314 e. The summed E-state index contributed by atoms with van der Waals surface area (Å²) in [6, 6.07) is 0.556. The van der Waals surface area contributed by atoms with E-state index in [9.17, 15) is 0 Å². The first kappa shape index (κ1) is 15.4. The minimum absolute atomic E-state index is 0.446. The topological polar surface area (TPSA) is 55.6 Å². The Morgan fingerprint density at radius 1 is 1.35 bits per heavy atom. The van der Waals surface area contributed by atoms with E-state index in [1.165, 1.54) is 19.3 Å². The molecule has 1 aliphatic rings. The van der Waals surface area contributed by atoms with E-state index in [-0.39, 0.29) is 0 Å². The third-order valence-corrected chi connectivity index (χ3v) is 4.46. The second kappa shape index (κ2) is 6.20. The average molecular weight is 279 g/mol. The maximum absolute atomic E-state index is 4.36. The number of nitrogens with one attached hydrogen (secondary N) is 1. The van der Waals surface area contributed by atoms with Gasteiger partial charge in [-0.2, -0.15) is 4.80 Å². The highest BCUT2D eigenvalue weighted by molar-refractivity contribution is 4.91. The normalized spacial score (nSPS) is 26.1. The number of rotatable bonds is 5. The quantitative estimate of drug-likeness (QED) is 0.897. The van der Waals surface area contributed by atoms with Gasteiger partial charge in [0, 0.05) is 12.5 Å². The van der Waals surface area contributed by atoms with Crippen LogP contribution in [0.1, 0.15) is 52.8 Å². The average Bonchev–Trinajstić information content (AvgIpc) is 2.72. The zero-order valence-corrected chi connectivity index (χ0v) is 13.6. The molecule has 114 valence electrons. The Labute approximate surface area is 122 Å². The summed E-state index contributed by atoms with van der Waals surface area (Å²) < 4.78 is 0. The summed E-state index contributed by atoms with van der Waals surface area (Å²) in [6.07, 6.45) is 4.84. The van der Waals surface area contributed by atoms with Crippen LogP contribution in [0.2, 0.25) is 0 Å². The van der Waals surface area contributed by atoms with Crippen molar-refractivity contribution in [2.45, 2.75) is 59.4 Å². The molecule has 5 heteroatoms. The SMILES string of the molecule is CC(C)NCC1CCC(C)(C)CC1Cc1nnn(C)n1. The number of aryl methyl sites for hydroxylation is 1. The molecule has 2 rings (SSSR count). The fourth-order valence-corrected chi connectivity index (χ4v) is 3.32. The fraction of sp³-hybridized carbons (Fsp3) is 0.933. The van der Waals surface area contributed by atoms with E-state index in [2.05, 4.69) is 48.4 Å². The van der Waals surface area contributed by atoms with Gasteiger partial charge >= 0.3 is 0 Å². The number of hydrogen-bond donors (Lipinski definition) is 1. The van der Waals surface area contributed by atoms with Crippen molar-refractivity contribution in [3.8, 4) is 0 Å². The molecule has 1 N–H and O–H groups in total. The van der Waals surface area contributed by atoms with Crippen molar-refractivity contribution in [1.29, 1.82) is 0 Å². The first-order valence-corrected chi connectivity index (χ1v) is 7.82. The van der Waals surface area contributed by atoms with Crippen LogP contribution in [0.25, 0.3) is 0 Å². The molecule has 2 atom stereocenters. The van der Waals surface area contributed by atoms with Crippen molar-refractivity contribution >= 4 is 0 Å². The summed E-state index contributed by atoms with van der Waals surface area (Å²) in [5.41, 5.74) is 0.446. The Hall–Kier alpha value is -0.970. The van der Waals surface area contributed by atoms with Crippen LogP contribution in [-0.2, 0) is 13.5 Å². The maximum atomic E-state index is 4.36. The molecule has 0 saturated heterocycles. The van der Waals surface area contributed by atoms with Gasteiger partial charge in [0.25, 0.3) is 0 Å². The second-order valence-electron chi connectivity index (χ2n) is 7.39. The predicted molar refractivity (Wildman–Crippen MR) is 80.3 cm³/mol. The number of aromatic nitrogens is 4. The lowest BCUT2D eigenvalue weighted by atomic mass is 9.66. The van der Waals surface area contributed by atoms with Gasteiger partial charge in [-0.3, -0.25) is 0 Å². The van der Waals surface area contributed by atoms with E-state index in [4.69, 9.17) is 0 Å². The Morgan fingerprint density at radius 2 is 2.10 bits per heavy atom. The molecule has 1 aliphatic carbocycles. The zero-order chi connectivity index (χ0) is 14.8. The molecule has 0 bridgehead atoms. The number of tetrazole rings is 1. The van der Waals surface area contributed by atoms with E-state index in [1.807, 2.05) is 7.05 Å². The van der Waals surface area contributed by atoms with E-state index in [0.717, 1.165) is 24.7 Å². The van der Waals surface area contributed by atoms with Gasteiger partial charge in [0.2, 0.25) is 0 Å². The van der Waals surface area contributed by atoms with Crippen molar-refractivity contribution in [1.82, 2.24) is 25.5 Å². The molecular formula is C15H29N5. The molecule has 2 unspecified atom stereocenters. The highest BCUT2D eigenvalue weighted by atomic mass is 15.6. The first-order chi connectivity index (χ1) is 9.35. The lowest BCUT2D eigenvalue weighted by molar-refractivity contribution is 0.113. The molecule has 0 radical (unpaired) electrons. The molecule has 20 heavy (non-hydrogen) atoms. The molecule has 1 heterocycles. The Morgan fingerprint density at radius 3 is 2.70 bits per heavy atom. The van der Waals surface area contributed by atoms with Crippen molar-refractivity contribution in [3.63, 3.8) is 0 Å². The van der Waals surface area contributed by atoms with Crippen molar-refractivity contribution < 1.29 is 0 Å². The highest BCUT2D eigenvalue weighted by Crippen LogP contribution is 2.42. The Kier molecular flexibility index (Phi) is 4.78. The van der Waals surface area contributed by atoms with Crippen LogP contribution in [0, 0.1) is 17.3 Å². The molecule has 1 aromatic heterocycles. The van der Waals surface area contributed by atoms with Crippen LogP contribution in [0.4, 0.5) is 0 Å². The van der Waals surface area contributed by atoms with Gasteiger partial charge in [0.15, 0.2) is 5.82 Å². The van der Waals surface area contributed by atoms with Crippen molar-refractivity contribution in [3.05, 3.63) is 5.82 Å². The van der Waals surface area contributed by atoms with Crippen LogP contribution in [0.5, 0.6) is 0 Å². The summed E-state index contributed by atoms with van der Waals surface area (Å²) >= 11 is 0. The monoisotopic (exact) mass is 279 g/mol. The minimum atomic E-state index is 0.446. The molecule has 0 aliphatic heterocycles. The van der Waals surface area contributed by atoms with E-state index in [0.29, 0.717) is 17.4 Å². The zero-order valence-electron chi connectivity index (χ0n) is 13.6. The largest absolute Gasteiger partial charge is 0.314 e. The van der Waals surface area contributed by atoms with Crippen molar-refractivity contribution in [2.75, 3.05) is 6.54 Å². The number of nitrogens with zero attached hydrogens (tertiary/aromatic N) is 4. The standard InChI is InChI=1S/C15H29N5/c1-11(2)16-10-12-6-7-15(3,4)9-13(12)8-14-17-19-20(5)18-14/h11-13,16H,6-10H2,1-5H3. The van der Waals surface area contributed by atoms with Crippen LogP contribution in [0.15, 0.2) is 0 Å². The van der Waals surface area contributed by atoms with Gasteiger partial charge in [-0.05, 0) is 48.3 Å². The van der Waals surface area contributed by atoms with Crippen LogP contribution < -0.4 is 5.32 Å². The van der Waals surface area contributed by atoms with Gasteiger partial charge in [-0.25, -0.2) is 0 Å². The molecule has 1 fully saturated rings. The van der Waals surface area contributed by atoms with Gasteiger partial charge in [-0.1, -0.05) is 27.7 Å². The fourth-order valence-electron chi connectivity index (χ4n) is 3.32. The summed E-state index contributed by atoms with van der Waals surface area (Å²) in [7, 11) is 1.83. The lowest BCUT2D eigenvalue weighted by Crippen LogP contribution is -2.39. The smallest absolute Gasteiger partial charge is 0.175 e. The Balaban J connectivity index is 2.01. The molecule has 0 aromatic carbocycles. The lowest BCUT2D eigenvalue weighted by Gasteiger charge is -2.41. The highest BCUT2D eigenvalue weighted by Gasteiger charge is 2.35. The Bertz CT molecular complexity index is 422. The van der Waals surface area contributed by atoms with Crippen LogP contribution in [-0.4, -0.2) is 32.8 Å². The van der Waals surface area contributed by atoms with Crippen LogP contribution >= 0.6 is 0 Å². The molecule has 0 amide bonds. The van der Waals surface area contributed by atoms with Crippen LogP contribution in [0.3, 0.4) is 0 Å². The molecular weight excluding hydrogens is 250 g/mol. The van der Waals surface area contributed by atoms with Gasteiger partial charge < -0.3 is 5.32 Å². The van der Waals surface area contributed by atoms with Gasteiger partial charge in [0.1, 0.15) is 0 Å². The summed E-state index contributed by atoms with van der Waals surface area (Å²) in [5.74, 6) is 2.29. The third kappa shape index (κ3) is 4.27. The molecule has 1 aromatic rings. The van der Waals surface area contributed by atoms with E-state index >= 15 is 0 Å². The third-order valence-electron chi connectivity index (χ3n) is 4.46. The predicted octanol–water partition coefficient (Wildman–Crippen LogP) is 2.19. The van der Waals surface area contributed by atoms with E-state index in [1.54, 1.807) is 4.80 Å². The first-order valence-electron chi connectivity index (χ1n) is 7.82. The second-order valence-corrected chi connectivity index (χ2v) is 7.39. The van der Waals surface area contributed by atoms with Gasteiger partial charge in [0.05, 0.1) is 7.05 Å².